The van der Waals surface area contributed by atoms with Crippen LogP contribution in [0.4, 0.5) is 5.95 Å². The standard InChI is InChI=1S/C15H14ClN3O/c1-9-8-10(20-2)6-7-13(9)19-14-11(16)4-3-5-12(14)18-15(19)17/h3-8H,1-2H3,(H2,17,18). The van der Waals surface area contributed by atoms with Gasteiger partial charge >= 0.3 is 0 Å². The summed E-state index contributed by atoms with van der Waals surface area (Å²) >= 11 is 6.30. The Morgan fingerprint density at radius 2 is 2.05 bits per heavy atom. The fourth-order valence-electron chi connectivity index (χ4n) is 2.35. The van der Waals surface area contributed by atoms with E-state index in [0.29, 0.717) is 11.0 Å². The number of halogens is 1. The summed E-state index contributed by atoms with van der Waals surface area (Å²) in [6.07, 6.45) is 0. The van der Waals surface area contributed by atoms with Crippen molar-refractivity contribution >= 4 is 28.6 Å². The van der Waals surface area contributed by atoms with Crippen molar-refractivity contribution in [3.63, 3.8) is 0 Å². The number of aryl methyl sites for hydroxylation is 1. The quantitative estimate of drug-likeness (QED) is 0.784. The van der Waals surface area contributed by atoms with E-state index in [4.69, 9.17) is 22.1 Å². The van der Waals surface area contributed by atoms with Gasteiger partial charge in [0.05, 0.1) is 28.9 Å². The molecule has 5 heteroatoms. The number of aromatic nitrogens is 2. The van der Waals surface area contributed by atoms with Crippen LogP contribution in [0.2, 0.25) is 5.02 Å². The molecule has 0 saturated heterocycles. The Kier molecular flexibility index (Phi) is 3.03. The molecule has 0 saturated carbocycles. The number of ether oxygens (including phenoxy) is 1. The fourth-order valence-corrected chi connectivity index (χ4v) is 2.61. The molecule has 0 spiro atoms. The van der Waals surface area contributed by atoms with Crippen LogP contribution in [-0.2, 0) is 0 Å². The average Bonchev–Trinajstić information content (AvgIpc) is 2.76. The molecule has 0 unspecified atom stereocenters. The number of para-hydroxylation sites is 1. The van der Waals surface area contributed by atoms with E-state index in [-0.39, 0.29) is 0 Å². The van der Waals surface area contributed by atoms with Crippen molar-refractivity contribution < 1.29 is 4.74 Å². The van der Waals surface area contributed by atoms with Crippen LogP contribution in [0.3, 0.4) is 0 Å². The number of nitrogen functional groups attached to an aromatic ring is 1. The van der Waals surface area contributed by atoms with Crippen molar-refractivity contribution in [2.45, 2.75) is 6.92 Å². The lowest BCUT2D eigenvalue weighted by Crippen LogP contribution is -2.03. The van der Waals surface area contributed by atoms with E-state index < -0.39 is 0 Å². The Bertz CT molecular complexity index is 795. The molecule has 1 heterocycles. The van der Waals surface area contributed by atoms with Gasteiger partial charge in [-0.25, -0.2) is 4.98 Å². The second kappa shape index (κ2) is 4.72. The molecular formula is C15H14ClN3O. The van der Waals surface area contributed by atoms with Gasteiger partial charge in [-0.1, -0.05) is 17.7 Å². The summed E-state index contributed by atoms with van der Waals surface area (Å²) in [5.74, 6) is 1.22. The summed E-state index contributed by atoms with van der Waals surface area (Å²) in [6.45, 7) is 2.00. The first-order valence-electron chi connectivity index (χ1n) is 6.19. The summed E-state index contributed by atoms with van der Waals surface area (Å²) in [6, 6.07) is 11.4. The minimum absolute atomic E-state index is 0.418. The highest BCUT2D eigenvalue weighted by Gasteiger charge is 2.14. The number of imidazole rings is 1. The Balaban J connectivity index is 2.32. The van der Waals surface area contributed by atoms with Gasteiger partial charge < -0.3 is 10.5 Å². The maximum Gasteiger partial charge on any atom is 0.205 e. The molecule has 0 aliphatic heterocycles. The number of nitrogens with two attached hydrogens (primary N) is 1. The number of anilines is 1. The zero-order valence-electron chi connectivity index (χ0n) is 11.2. The molecule has 20 heavy (non-hydrogen) atoms. The van der Waals surface area contributed by atoms with Gasteiger partial charge in [0.1, 0.15) is 5.75 Å². The molecule has 0 bridgehead atoms. The summed E-state index contributed by atoms with van der Waals surface area (Å²) in [5.41, 5.74) is 9.64. The van der Waals surface area contributed by atoms with E-state index >= 15 is 0 Å². The van der Waals surface area contributed by atoms with Gasteiger partial charge in [-0.05, 0) is 42.8 Å². The predicted octanol–water partition coefficient (Wildman–Crippen LogP) is 3.58. The molecule has 3 aromatic rings. The number of methoxy groups -OCH3 is 1. The first-order chi connectivity index (χ1) is 9.61. The normalized spacial score (nSPS) is 10.9. The Labute approximate surface area is 121 Å². The van der Waals surface area contributed by atoms with Crippen LogP contribution < -0.4 is 10.5 Å². The first kappa shape index (κ1) is 12.8. The molecule has 2 N–H and O–H groups in total. The molecule has 102 valence electrons. The van der Waals surface area contributed by atoms with Crippen LogP contribution in [0.25, 0.3) is 16.7 Å². The highest BCUT2D eigenvalue weighted by Crippen LogP contribution is 2.31. The fraction of sp³-hybridized carbons (Fsp3) is 0.133. The van der Waals surface area contributed by atoms with Crippen molar-refractivity contribution in [3.05, 3.63) is 47.0 Å². The second-order valence-corrected chi connectivity index (χ2v) is 4.97. The van der Waals surface area contributed by atoms with Crippen LogP contribution in [0, 0.1) is 6.92 Å². The third-order valence-electron chi connectivity index (χ3n) is 3.30. The van der Waals surface area contributed by atoms with Gasteiger partial charge in [0.15, 0.2) is 0 Å². The van der Waals surface area contributed by atoms with E-state index in [0.717, 1.165) is 28.0 Å². The Hall–Kier alpha value is -2.20. The zero-order valence-corrected chi connectivity index (χ0v) is 12.0. The number of hydrogen-bond acceptors (Lipinski definition) is 3. The van der Waals surface area contributed by atoms with Gasteiger partial charge in [0.25, 0.3) is 0 Å². The summed E-state index contributed by atoms with van der Waals surface area (Å²) in [7, 11) is 1.65. The van der Waals surface area contributed by atoms with Crippen LogP contribution in [0.15, 0.2) is 36.4 Å². The van der Waals surface area contributed by atoms with Crippen molar-refractivity contribution in [3.8, 4) is 11.4 Å². The number of fused-ring (bicyclic) bond motifs is 1. The van der Waals surface area contributed by atoms with Gasteiger partial charge in [0, 0.05) is 0 Å². The number of benzene rings is 2. The summed E-state index contributed by atoms with van der Waals surface area (Å²) in [4.78, 5) is 4.36. The minimum Gasteiger partial charge on any atom is -0.497 e. The van der Waals surface area contributed by atoms with Gasteiger partial charge in [0.2, 0.25) is 5.95 Å². The van der Waals surface area contributed by atoms with Gasteiger partial charge in [-0.2, -0.15) is 0 Å². The third kappa shape index (κ3) is 1.89. The van der Waals surface area contributed by atoms with Crippen molar-refractivity contribution in [1.29, 1.82) is 0 Å². The molecule has 0 amide bonds. The second-order valence-electron chi connectivity index (χ2n) is 4.57. The molecule has 2 aromatic carbocycles. The maximum atomic E-state index is 6.30. The van der Waals surface area contributed by atoms with Crippen molar-refractivity contribution in [1.82, 2.24) is 9.55 Å². The Morgan fingerprint density at radius 3 is 2.75 bits per heavy atom. The SMILES string of the molecule is COc1ccc(-n2c(N)nc3cccc(Cl)c32)c(C)c1. The lowest BCUT2D eigenvalue weighted by Gasteiger charge is -2.12. The Morgan fingerprint density at radius 1 is 1.25 bits per heavy atom. The van der Waals surface area contributed by atoms with E-state index in [1.807, 2.05) is 47.9 Å². The lowest BCUT2D eigenvalue weighted by atomic mass is 10.2. The molecule has 0 aliphatic carbocycles. The first-order valence-corrected chi connectivity index (χ1v) is 6.57. The van der Waals surface area contributed by atoms with Gasteiger partial charge in [-0.3, -0.25) is 4.57 Å². The van der Waals surface area contributed by atoms with Crippen LogP contribution >= 0.6 is 11.6 Å². The topological polar surface area (TPSA) is 53.1 Å². The molecule has 4 nitrogen and oxygen atoms in total. The van der Waals surface area contributed by atoms with E-state index in [1.165, 1.54) is 0 Å². The number of nitrogens with zero attached hydrogens (tertiary/aromatic N) is 2. The molecule has 0 fully saturated rings. The van der Waals surface area contributed by atoms with Gasteiger partial charge in [-0.15, -0.1) is 0 Å². The largest absolute Gasteiger partial charge is 0.497 e. The van der Waals surface area contributed by atoms with E-state index in [1.54, 1.807) is 7.11 Å². The van der Waals surface area contributed by atoms with Crippen molar-refractivity contribution in [2.24, 2.45) is 0 Å². The molecular weight excluding hydrogens is 274 g/mol. The predicted molar refractivity (Wildman–Crippen MR) is 81.8 cm³/mol. The number of rotatable bonds is 2. The van der Waals surface area contributed by atoms with Crippen LogP contribution in [-0.4, -0.2) is 16.7 Å². The van der Waals surface area contributed by atoms with Crippen LogP contribution in [0.5, 0.6) is 5.75 Å². The third-order valence-corrected chi connectivity index (χ3v) is 3.60. The highest BCUT2D eigenvalue weighted by atomic mass is 35.5. The highest BCUT2D eigenvalue weighted by molar-refractivity contribution is 6.35. The maximum absolute atomic E-state index is 6.30. The molecule has 0 radical (unpaired) electrons. The lowest BCUT2D eigenvalue weighted by molar-refractivity contribution is 0.414. The molecule has 3 rings (SSSR count). The average molecular weight is 288 g/mol. The number of hydrogen-bond donors (Lipinski definition) is 1. The monoisotopic (exact) mass is 287 g/mol. The molecule has 0 atom stereocenters. The smallest absolute Gasteiger partial charge is 0.205 e. The van der Waals surface area contributed by atoms with E-state index in [2.05, 4.69) is 4.98 Å². The zero-order chi connectivity index (χ0) is 14.3. The molecule has 1 aromatic heterocycles. The van der Waals surface area contributed by atoms with Crippen molar-refractivity contribution in [2.75, 3.05) is 12.8 Å². The molecule has 0 aliphatic rings. The summed E-state index contributed by atoms with van der Waals surface area (Å²) < 4.78 is 7.09. The summed E-state index contributed by atoms with van der Waals surface area (Å²) in [5, 5.41) is 0.627. The van der Waals surface area contributed by atoms with E-state index in [9.17, 15) is 0 Å². The minimum atomic E-state index is 0.418. The van der Waals surface area contributed by atoms with Crippen LogP contribution in [0.1, 0.15) is 5.56 Å².